The van der Waals surface area contributed by atoms with E-state index in [1.165, 1.54) is 4.88 Å². The van der Waals surface area contributed by atoms with Gasteiger partial charge in [-0.1, -0.05) is 6.92 Å². The van der Waals surface area contributed by atoms with Crippen LogP contribution in [0.3, 0.4) is 0 Å². The highest BCUT2D eigenvalue weighted by atomic mass is 32.1. The van der Waals surface area contributed by atoms with E-state index in [1.54, 1.807) is 17.5 Å². The Hall–Kier alpha value is -2.05. The van der Waals surface area contributed by atoms with Gasteiger partial charge in [0.25, 0.3) is 0 Å². The van der Waals surface area contributed by atoms with Gasteiger partial charge in [0.2, 0.25) is 0 Å². The third kappa shape index (κ3) is 2.13. The van der Waals surface area contributed by atoms with Gasteiger partial charge in [-0.2, -0.15) is 0 Å². The number of pyridine rings is 1. The summed E-state index contributed by atoms with van der Waals surface area (Å²) in [5, 5.41) is 0.964. The fraction of sp³-hybridized carbons (Fsp3) is 0.214. The van der Waals surface area contributed by atoms with E-state index in [2.05, 4.69) is 34.2 Å². The smallest absolute Gasteiger partial charge is 0.163 e. The van der Waals surface area contributed by atoms with Crippen LogP contribution in [0.15, 0.2) is 24.5 Å². The van der Waals surface area contributed by atoms with Crippen LogP contribution in [0.2, 0.25) is 0 Å². The minimum absolute atomic E-state index is 0.660. The monoisotopic (exact) mass is 285 g/mol. The van der Waals surface area contributed by atoms with Crippen LogP contribution in [0.4, 0.5) is 5.82 Å². The first-order valence-electron chi connectivity index (χ1n) is 6.41. The molecule has 0 aliphatic rings. The average molecular weight is 285 g/mol. The number of nitrogen functional groups attached to an aromatic ring is 1. The summed E-state index contributed by atoms with van der Waals surface area (Å²) in [7, 11) is 0. The number of nitrogens with one attached hydrogen (secondary N) is 1. The normalized spacial score (nSPS) is 10.9. The molecule has 5 nitrogen and oxygen atoms in total. The van der Waals surface area contributed by atoms with Crippen LogP contribution in [-0.4, -0.2) is 15.0 Å². The Labute approximate surface area is 120 Å². The molecule has 0 bridgehead atoms. The molecule has 6 heteroatoms. The summed E-state index contributed by atoms with van der Waals surface area (Å²) in [6, 6.07) is 3.99. The van der Waals surface area contributed by atoms with Crippen LogP contribution in [0.1, 0.15) is 17.4 Å². The second-order valence-corrected chi connectivity index (χ2v) is 5.74. The molecule has 3 aromatic rings. The van der Waals surface area contributed by atoms with Crippen molar-refractivity contribution in [2.75, 3.05) is 5.43 Å². The largest absolute Gasteiger partial charge is 0.308 e. The number of hydrogen-bond acceptors (Lipinski definition) is 6. The van der Waals surface area contributed by atoms with Gasteiger partial charge in [0.15, 0.2) is 11.6 Å². The number of nitrogens with two attached hydrogens (primary N) is 1. The number of hydrazine groups is 1. The topological polar surface area (TPSA) is 76.7 Å². The molecule has 0 aromatic carbocycles. The second kappa shape index (κ2) is 5.15. The zero-order chi connectivity index (χ0) is 14.1. The Bertz CT molecular complexity index is 765. The molecule has 0 aliphatic carbocycles. The molecule has 0 amide bonds. The molecular formula is C14H15N5S. The van der Waals surface area contributed by atoms with Gasteiger partial charge in [0.1, 0.15) is 4.83 Å². The first kappa shape index (κ1) is 13.0. The Morgan fingerprint density at radius 1 is 1.35 bits per heavy atom. The molecule has 3 heterocycles. The van der Waals surface area contributed by atoms with Crippen molar-refractivity contribution in [1.82, 2.24) is 15.0 Å². The third-order valence-corrected chi connectivity index (χ3v) is 4.12. The third-order valence-electron chi connectivity index (χ3n) is 3.18. The summed E-state index contributed by atoms with van der Waals surface area (Å²) in [5.41, 5.74) is 4.81. The predicted molar refractivity (Wildman–Crippen MR) is 82.6 cm³/mol. The maximum Gasteiger partial charge on any atom is 0.163 e. The zero-order valence-corrected chi connectivity index (χ0v) is 12.2. The minimum atomic E-state index is 0.660. The summed E-state index contributed by atoms with van der Waals surface area (Å²) in [6.07, 6.45) is 4.51. The van der Waals surface area contributed by atoms with E-state index in [4.69, 9.17) is 5.84 Å². The van der Waals surface area contributed by atoms with Crippen LogP contribution in [0.5, 0.6) is 0 Å². The first-order valence-corrected chi connectivity index (χ1v) is 7.22. The van der Waals surface area contributed by atoms with Crippen molar-refractivity contribution >= 4 is 27.4 Å². The maximum atomic E-state index is 5.59. The van der Waals surface area contributed by atoms with Gasteiger partial charge in [-0.05, 0) is 31.0 Å². The first-order chi connectivity index (χ1) is 9.72. The van der Waals surface area contributed by atoms with E-state index >= 15 is 0 Å². The number of anilines is 1. The van der Waals surface area contributed by atoms with Crippen molar-refractivity contribution in [2.45, 2.75) is 20.3 Å². The van der Waals surface area contributed by atoms with Gasteiger partial charge < -0.3 is 5.43 Å². The van der Waals surface area contributed by atoms with E-state index in [9.17, 15) is 0 Å². The molecule has 0 saturated heterocycles. The lowest BCUT2D eigenvalue weighted by Crippen LogP contribution is -2.10. The van der Waals surface area contributed by atoms with Gasteiger partial charge in [-0.25, -0.2) is 15.8 Å². The molecule has 20 heavy (non-hydrogen) atoms. The molecule has 0 spiro atoms. The number of thiophene rings is 1. The van der Waals surface area contributed by atoms with Crippen LogP contribution >= 0.6 is 11.3 Å². The van der Waals surface area contributed by atoms with E-state index in [0.29, 0.717) is 11.6 Å². The van der Waals surface area contributed by atoms with Crippen LogP contribution in [0.25, 0.3) is 21.6 Å². The Balaban J connectivity index is 2.26. The Morgan fingerprint density at radius 3 is 2.95 bits per heavy atom. The van der Waals surface area contributed by atoms with Gasteiger partial charge in [0, 0.05) is 22.8 Å². The van der Waals surface area contributed by atoms with Crippen molar-refractivity contribution in [3.05, 3.63) is 35.0 Å². The molecular weight excluding hydrogens is 270 g/mol. The minimum Gasteiger partial charge on any atom is -0.308 e. The summed E-state index contributed by atoms with van der Waals surface area (Å²) in [5.74, 6) is 6.94. The van der Waals surface area contributed by atoms with E-state index in [-0.39, 0.29) is 0 Å². The number of hydrogen-bond donors (Lipinski definition) is 2. The summed E-state index contributed by atoms with van der Waals surface area (Å²) in [4.78, 5) is 15.5. The van der Waals surface area contributed by atoms with Crippen molar-refractivity contribution < 1.29 is 0 Å². The van der Waals surface area contributed by atoms with E-state index in [0.717, 1.165) is 27.8 Å². The molecule has 0 unspecified atom stereocenters. The summed E-state index contributed by atoms with van der Waals surface area (Å²) >= 11 is 1.64. The standard InChI is InChI=1S/C14H15N5S/c1-3-9-7-16-5-4-10(9)12-17-13(19-15)11-6-8(2)20-14(11)18-12/h4-7H,3,15H2,1-2H3,(H,17,18,19). The molecule has 0 atom stereocenters. The van der Waals surface area contributed by atoms with Crippen molar-refractivity contribution in [3.63, 3.8) is 0 Å². The molecule has 3 N–H and O–H groups in total. The highest BCUT2D eigenvalue weighted by Gasteiger charge is 2.13. The van der Waals surface area contributed by atoms with Crippen LogP contribution in [0, 0.1) is 6.92 Å². The maximum absolute atomic E-state index is 5.59. The molecule has 0 radical (unpaired) electrons. The predicted octanol–water partition coefficient (Wildman–Crippen LogP) is 2.91. The quantitative estimate of drug-likeness (QED) is 0.571. The molecule has 3 rings (SSSR count). The lowest BCUT2D eigenvalue weighted by Gasteiger charge is -2.08. The number of aromatic nitrogens is 3. The molecule has 0 aliphatic heterocycles. The number of fused-ring (bicyclic) bond motifs is 1. The van der Waals surface area contributed by atoms with Crippen molar-refractivity contribution in [3.8, 4) is 11.4 Å². The Kier molecular flexibility index (Phi) is 3.33. The fourth-order valence-electron chi connectivity index (χ4n) is 2.20. The molecule has 102 valence electrons. The van der Waals surface area contributed by atoms with Gasteiger partial charge in [-0.15, -0.1) is 11.3 Å². The molecule has 3 aromatic heterocycles. The number of nitrogens with zero attached hydrogens (tertiary/aromatic N) is 3. The van der Waals surface area contributed by atoms with Crippen LogP contribution < -0.4 is 11.3 Å². The summed E-state index contributed by atoms with van der Waals surface area (Å²) in [6.45, 7) is 4.15. The van der Waals surface area contributed by atoms with Gasteiger partial charge in [-0.3, -0.25) is 4.98 Å². The highest BCUT2D eigenvalue weighted by molar-refractivity contribution is 7.18. The van der Waals surface area contributed by atoms with E-state index in [1.807, 2.05) is 18.3 Å². The van der Waals surface area contributed by atoms with Gasteiger partial charge >= 0.3 is 0 Å². The lowest BCUT2D eigenvalue weighted by atomic mass is 10.1. The van der Waals surface area contributed by atoms with Crippen LogP contribution in [-0.2, 0) is 6.42 Å². The highest BCUT2D eigenvalue weighted by Crippen LogP contribution is 2.31. The zero-order valence-electron chi connectivity index (χ0n) is 11.3. The lowest BCUT2D eigenvalue weighted by molar-refractivity contribution is 1.09. The van der Waals surface area contributed by atoms with Crippen molar-refractivity contribution in [2.24, 2.45) is 5.84 Å². The Morgan fingerprint density at radius 2 is 2.20 bits per heavy atom. The SMILES string of the molecule is CCc1cnccc1-c1nc(NN)c2cc(C)sc2n1. The number of rotatable bonds is 3. The van der Waals surface area contributed by atoms with E-state index < -0.39 is 0 Å². The molecule has 0 saturated carbocycles. The number of aryl methyl sites for hydroxylation is 2. The summed E-state index contributed by atoms with van der Waals surface area (Å²) < 4.78 is 0. The average Bonchev–Trinajstić information content (AvgIpc) is 2.86. The fourth-order valence-corrected chi connectivity index (χ4v) is 3.08. The van der Waals surface area contributed by atoms with Gasteiger partial charge in [0.05, 0.1) is 5.39 Å². The second-order valence-electron chi connectivity index (χ2n) is 4.50. The molecule has 0 fully saturated rings. The van der Waals surface area contributed by atoms with Crippen molar-refractivity contribution in [1.29, 1.82) is 0 Å².